The topological polar surface area (TPSA) is 37.4 Å². The van der Waals surface area contributed by atoms with Crippen molar-refractivity contribution < 1.29 is 4.74 Å². The lowest BCUT2D eigenvalue weighted by Gasteiger charge is -2.26. The van der Waals surface area contributed by atoms with E-state index >= 15 is 0 Å². The molecule has 0 amide bonds. The van der Waals surface area contributed by atoms with Gasteiger partial charge >= 0.3 is 0 Å². The Morgan fingerprint density at radius 2 is 2.10 bits per heavy atom. The Morgan fingerprint density at radius 1 is 1.33 bits per heavy atom. The molecule has 0 aliphatic heterocycles. The molecule has 0 spiro atoms. The summed E-state index contributed by atoms with van der Waals surface area (Å²) in [6.07, 6.45) is 1.16. The molecule has 21 heavy (non-hydrogen) atoms. The van der Waals surface area contributed by atoms with Crippen molar-refractivity contribution in [1.29, 1.82) is 0 Å². The summed E-state index contributed by atoms with van der Waals surface area (Å²) in [5, 5.41) is 3.43. The van der Waals surface area contributed by atoms with Gasteiger partial charge in [0.1, 0.15) is 5.82 Å². The average Bonchev–Trinajstić information content (AvgIpc) is 2.45. The van der Waals surface area contributed by atoms with Gasteiger partial charge in [-0.1, -0.05) is 26.8 Å². The second-order valence-electron chi connectivity index (χ2n) is 5.92. The van der Waals surface area contributed by atoms with Crippen LogP contribution in [0.1, 0.15) is 38.4 Å². The molecule has 1 N–H and O–H groups in total. The molecule has 0 aliphatic rings. The van der Waals surface area contributed by atoms with Crippen LogP contribution in [0.15, 0.2) is 12.1 Å². The van der Waals surface area contributed by atoms with Crippen LogP contribution in [0, 0.1) is 12.8 Å². The standard InChI is InChI=1S/C17H31N3O/c1-6-9-18-12-16-7-8-17(19-15(16)4)20(10-11-21-5)13-14(2)3/h7-8,14,18H,6,9-13H2,1-5H3. The van der Waals surface area contributed by atoms with Crippen LogP contribution in [0.25, 0.3) is 0 Å². The Kier molecular flexibility index (Phi) is 8.31. The van der Waals surface area contributed by atoms with Crippen molar-refractivity contribution in [2.24, 2.45) is 5.92 Å². The van der Waals surface area contributed by atoms with Gasteiger partial charge < -0.3 is 15.0 Å². The number of pyridine rings is 1. The van der Waals surface area contributed by atoms with E-state index in [4.69, 9.17) is 9.72 Å². The van der Waals surface area contributed by atoms with E-state index in [0.717, 1.165) is 50.7 Å². The van der Waals surface area contributed by atoms with Gasteiger partial charge in [-0.15, -0.1) is 0 Å². The molecule has 0 aliphatic carbocycles. The number of nitrogens with one attached hydrogen (secondary N) is 1. The van der Waals surface area contributed by atoms with Crippen molar-refractivity contribution in [3.63, 3.8) is 0 Å². The zero-order chi connectivity index (χ0) is 15.7. The van der Waals surface area contributed by atoms with Crippen LogP contribution in [0.2, 0.25) is 0 Å². The van der Waals surface area contributed by atoms with Crippen molar-refractivity contribution in [2.75, 3.05) is 38.3 Å². The molecule has 0 unspecified atom stereocenters. The minimum atomic E-state index is 0.606. The Labute approximate surface area is 129 Å². The van der Waals surface area contributed by atoms with Crippen LogP contribution in [-0.2, 0) is 11.3 Å². The molecule has 0 atom stereocenters. The molecule has 0 fully saturated rings. The smallest absolute Gasteiger partial charge is 0.128 e. The van der Waals surface area contributed by atoms with Gasteiger partial charge in [0.15, 0.2) is 0 Å². The number of aromatic nitrogens is 1. The Morgan fingerprint density at radius 3 is 2.67 bits per heavy atom. The summed E-state index contributed by atoms with van der Waals surface area (Å²) >= 11 is 0. The number of methoxy groups -OCH3 is 1. The highest BCUT2D eigenvalue weighted by atomic mass is 16.5. The van der Waals surface area contributed by atoms with Crippen LogP contribution < -0.4 is 10.2 Å². The van der Waals surface area contributed by atoms with Crippen molar-refractivity contribution in [3.05, 3.63) is 23.4 Å². The Bertz CT molecular complexity index is 407. The molecule has 120 valence electrons. The van der Waals surface area contributed by atoms with Crippen LogP contribution in [-0.4, -0.2) is 38.3 Å². The number of anilines is 1. The number of rotatable bonds is 10. The first-order valence-corrected chi connectivity index (χ1v) is 7.99. The van der Waals surface area contributed by atoms with Crippen LogP contribution in [0.5, 0.6) is 0 Å². The van der Waals surface area contributed by atoms with E-state index in [9.17, 15) is 0 Å². The first-order chi connectivity index (χ1) is 10.1. The van der Waals surface area contributed by atoms with E-state index in [1.54, 1.807) is 7.11 Å². The number of hydrogen-bond acceptors (Lipinski definition) is 4. The fourth-order valence-corrected chi connectivity index (χ4v) is 2.28. The predicted molar refractivity (Wildman–Crippen MR) is 89.9 cm³/mol. The SMILES string of the molecule is CCCNCc1ccc(N(CCOC)CC(C)C)nc1C. The van der Waals surface area contributed by atoms with Crippen molar-refractivity contribution in [3.8, 4) is 0 Å². The van der Waals surface area contributed by atoms with E-state index in [-0.39, 0.29) is 0 Å². The van der Waals surface area contributed by atoms with Gasteiger partial charge in [0.05, 0.1) is 6.61 Å². The van der Waals surface area contributed by atoms with Crippen molar-refractivity contribution >= 4 is 5.82 Å². The zero-order valence-electron chi connectivity index (χ0n) is 14.3. The summed E-state index contributed by atoms with van der Waals surface area (Å²) in [5.74, 6) is 1.66. The molecular formula is C17H31N3O. The Balaban J connectivity index is 2.76. The maximum absolute atomic E-state index is 5.22. The molecule has 0 saturated carbocycles. The molecule has 1 heterocycles. The van der Waals surface area contributed by atoms with Gasteiger partial charge in [-0.25, -0.2) is 4.98 Å². The van der Waals surface area contributed by atoms with Gasteiger partial charge in [0.2, 0.25) is 0 Å². The molecule has 0 saturated heterocycles. The molecule has 0 aromatic carbocycles. The number of aryl methyl sites for hydroxylation is 1. The van der Waals surface area contributed by atoms with E-state index in [2.05, 4.69) is 50.0 Å². The van der Waals surface area contributed by atoms with Gasteiger partial charge in [0.25, 0.3) is 0 Å². The summed E-state index contributed by atoms with van der Waals surface area (Å²) in [5.41, 5.74) is 2.39. The van der Waals surface area contributed by atoms with Crippen molar-refractivity contribution in [2.45, 2.75) is 40.7 Å². The first-order valence-electron chi connectivity index (χ1n) is 7.99. The lowest BCUT2D eigenvalue weighted by molar-refractivity contribution is 0.204. The maximum Gasteiger partial charge on any atom is 0.128 e. The molecule has 4 heteroatoms. The van der Waals surface area contributed by atoms with Crippen LogP contribution >= 0.6 is 0 Å². The third-order valence-electron chi connectivity index (χ3n) is 3.40. The quantitative estimate of drug-likeness (QED) is 0.673. The number of nitrogens with zero attached hydrogens (tertiary/aromatic N) is 2. The minimum absolute atomic E-state index is 0.606. The third-order valence-corrected chi connectivity index (χ3v) is 3.40. The largest absolute Gasteiger partial charge is 0.383 e. The summed E-state index contributed by atoms with van der Waals surface area (Å²) in [6, 6.07) is 4.33. The highest BCUT2D eigenvalue weighted by molar-refractivity contribution is 5.41. The molecule has 1 rings (SSSR count). The lowest BCUT2D eigenvalue weighted by Crippen LogP contribution is -2.32. The second-order valence-corrected chi connectivity index (χ2v) is 5.92. The summed E-state index contributed by atoms with van der Waals surface area (Å²) in [6.45, 7) is 13.3. The van der Waals surface area contributed by atoms with E-state index < -0.39 is 0 Å². The molecule has 0 radical (unpaired) electrons. The van der Waals surface area contributed by atoms with E-state index in [1.165, 1.54) is 5.56 Å². The summed E-state index contributed by atoms with van der Waals surface area (Å²) < 4.78 is 5.22. The first kappa shape index (κ1) is 17.9. The molecule has 4 nitrogen and oxygen atoms in total. The lowest BCUT2D eigenvalue weighted by atomic mass is 10.1. The van der Waals surface area contributed by atoms with Gasteiger partial charge in [-0.3, -0.25) is 0 Å². The highest BCUT2D eigenvalue weighted by Gasteiger charge is 2.11. The highest BCUT2D eigenvalue weighted by Crippen LogP contribution is 2.16. The molecule has 1 aromatic heterocycles. The average molecular weight is 293 g/mol. The van der Waals surface area contributed by atoms with Crippen molar-refractivity contribution in [1.82, 2.24) is 10.3 Å². The number of hydrogen-bond donors (Lipinski definition) is 1. The van der Waals surface area contributed by atoms with E-state index in [1.807, 2.05) is 0 Å². The second kappa shape index (κ2) is 9.74. The molecule has 0 bridgehead atoms. The van der Waals surface area contributed by atoms with Gasteiger partial charge in [0, 0.05) is 32.4 Å². The summed E-state index contributed by atoms with van der Waals surface area (Å²) in [7, 11) is 1.74. The minimum Gasteiger partial charge on any atom is -0.383 e. The number of ether oxygens (including phenoxy) is 1. The fourth-order valence-electron chi connectivity index (χ4n) is 2.28. The predicted octanol–water partition coefficient (Wildman–Crippen LogP) is 3.00. The summed E-state index contributed by atoms with van der Waals surface area (Å²) in [4.78, 5) is 7.10. The normalized spacial score (nSPS) is 11.1. The molecular weight excluding hydrogens is 262 g/mol. The monoisotopic (exact) mass is 293 g/mol. The maximum atomic E-state index is 5.22. The van der Waals surface area contributed by atoms with Gasteiger partial charge in [-0.2, -0.15) is 0 Å². The van der Waals surface area contributed by atoms with Crippen LogP contribution in [0.3, 0.4) is 0 Å². The van der Waals surface area contributed by atoms with Crippen LogP contribution in [0.4, 0.5) is 5.82 Å². The molecule has 1 aromatic rings. The van der Waals surface area contributed by atoms with E-state index in [0.29, 0.717) is 5.92 Å². The zero-order valence-corrected chi connectivity index (χ0v) is 14.3. The third kappa shape index (κ3) is 6.44. The van der Waals surface area contributed by atoms with Gasteiger partial charge in [-0.05, 0) is 37.4 Å². The fraction of sp³-hybridized carbons (Fsp3) is 0.706. The Hall–Kier alpha value is -1.13.